The summed E-state index contributed by atoms with van der Waals surface area (Å²) in [6.07, 6.45) is 12.5. The first-order valence-corrected chi connectivity index (χ1v) is 12.7. The van der Waals surface area contributed by atoms with Crippen molar-refractivity contribution in [3.05, 3.63) is 69.8 Å². The molecule has 0 aromatic heterocycles. The summed E-state index contributed by atoms with van der Waals surface area (Å²) in [5, 5.41) is 0. The lowest BCUT2D eigenvalue weighted by atomic mass is 9.60. The van der Waals surface area contributed by atoms with E-state index in [1.165, 1.54) is 24.0 Å². The molecule has 33 heavy (non-hydrogen) atoms. The van der Waals surface area contributed by atoms with Gasteiger partial charge in [-0.1, -0.05) is 63.8 Å². The van der Waals surface area contributed by atoms with Crippen molar-refractivity contribution in [2.24, 2.45) is 5.41 Å². The lowest BCUT2D eigenvalue weighted by Crippen LogP contribution is -2.59. The summed E-state index contributed by atoms with van der Waals surface area (Å²) < 4.78 is 13.6. The zero-order valence-electron chi connectivity index (χ0n) is 19.7. The summed E-state index contributed by atoms with van der Waals surface area (Å²) in [6.45, 7) is 4.33. The number of ether oxygens (including phenoxy) is 2. The van der Waals surface area contributed by atoms with E-state index in [1.807, 2.05) is 0 Å². The Kier molecular flexibility index (Phi) is 4.97. The number of Topliss-reactive ketones (excluding diaryl/α,β-unsaturated/α-hetero) is 1. The molecule has 0 bridgehead atoms. The summed E-state index contributed by atoms with van der Waals surface area (Å²) in [7, 11) is 0. The third-order valence-electron chi connectivity index (χ3n) is 8.25. The Hall–Kier alpha value is -2.81. The Labute approximate surface area is 196 Å². The molecule has 0 radical (unpaired) electrons. The molecule has 0 saturated heterocycles. The molecule has 3 nitrogen and oxygen atoms in total. The van der Waals surface area contributed by atoms with E-state index in [2.05, 4.69) is 62.4 Å². The maximum atomic E-state index is 13.9. The number of rotatable bonds is 2. The topological polar surface area (TPSA) is 35.5 Å². The van der Waals surface area contributed by atoms with Gasteiger partial charge < -0.3 is 9.47 Å². The van der Waals surface area contributed by atoms with Gasteiger partial charge in [0.05, 0.1) is 5.41 Å². The van der Waals surface area contributed by atoms with Gasteiger partial charge in [0, 0.05) is 22.3 Å². The molecule has 0 unspecified atom stereocenters. The Balaban J connectivity index is 1.53. The molecule has 2 atom stereocenters. The lowest BCUT2D eigenvalue weighted by molar-refractivity contribution is -0.121. The number of benzene rings is 2. The Morgan fingerprint density at radius 3 is 1.70 bits per heavy atom. The van der Waals surface area contributed by atoms with E-state index < -0.39 is 0 Å². The minimum atomic E-state index is -0.249. The quantitative estimate of drug-likeness (QED) is 0.520. The second-order valence-electron chi connectivity index (χ2n) is 10.1. The molecule has 6 rings (SSSR count). The SMILES string of the molecule is CCc1ccc2c(c1)O[C@@H]1C(=C2)C(=O)C2=Cc3ccc(CC)cc3O[C@H]2C12CCCCCC2. The van der Waals surface area contributed by atoms with E-state index in [4.69, 9.17) is 9.47 Å². The first-order chi connectivity index (χ1) is 16.1. The first-order valence-electron chi connectivity index (χ1n) is 12.7. The van der Waals surface area contributed by atoms with Crippen LogP contribution in [0.5, 0.6) is 11.5 Å². The van der Waals surface area contributed by atoms with Crippen LogP contribution in [0.4, 0.5) is 0 Å². The molecule has 3 heteroatoms. The molecule has 2 heterocycles. The van der Waals surface area contributed by atoms with Crippen molar-refractivity contribution in [3.63, 3.8) is 0 Å². The average Bonchev–Trinajstić information content (AvgIpc) is 3.12. The van der Waals surface area contributed by atoms with Gasteiger partial charge >= 0.3 is 0 Å². The van der Waals surface area contributed by atoms with Gasteiger partial charge in [0.1, 0.15) is 23.7 Å². The zero-order chi connectivity index (χ0) is 22.6. The number of aryl methyl sites for hydroxylation is 2. The third kappa shape index (κ3) is 3.19. The van der Waals surface area contributed by atoms with Crippen LogP contribution in [0.1, 0.15) is 74.6 Å². The minimum absolute atomic E-state index is 0.0929. The lowest BCUT2D eigenvalue weighted by Gasteiger charge is -2.52. The monoisotopic (exact) mass is 440 g/mol. The highest BCUT2D eigenvalue weighted by atomic mass is 16.5. The van der Waals surface area contributed by atoms with Crippen molar-refractivity contribution in [3.8, 4) is 11.5 Å². The fourth-order valence-electron chi connectivity index (χ4n) is 6.35. The standard InChI is InChI=1S/C30H32O3/c1-3-19-9-11-21-17-23-27(31)24-18-22-12-10-20(4-2)16-26(22)33-29(24)30(13-7-5-6-8-14-30)28(23)32-25(21)15-19/h9-12,15-18,28-29H,3-8,13-14H2,1-2H3/t28-,29-/m1/s1. The van der Waals surface area contributed by atoms with Crippen LogP contribution in [0, 0.1) is 5.41 Å². The fraction of sp³-hybridized carbons (Fsp3) is 0.433. The largest absolute Gasteiger partial charge is 0.484 e. The van der Waals surface area contributed by atoms with Gasteiger partial charge in [-0.25, -0.2) is 0 Å². The van der Waals surface area contributed by atoms with Crippen LogP contribution in [-0.4, -0.2) is 18.0 Å². The normalized spacial score (nSPS) is 24.7. The summed E-state index contributed by atoms with van der Waals surface area (Å²) >= 11 is 0. The predicted molar refractivity (Wildman–Crippen MR) is 132 cm³/mol. The van der Waals surface area contributed by atoms with E-state index >= 15 is 0 Å². The number of fused-ring (bicyclic) bond motifs is 6. The first kappa shape index (κ1) is 20.8. The summed E-state index contributed by atoms with van der Waals surface area (Å²) in [6, 6.07) is 12.8. The van der Waals surface area contributed by atoms with Crippen LogP contribution in [0.2, 0.25) is 0 Å². The van der Waals surface area contributed by atoms with Crippen LogP contribution in [-0.2, 0) is 17.6 Å². The molecular formula is C30H32O3. The van der Waals surface area contributed by atoms with Crippen molar-refractivity contribution in [1.82, 2.24) is 0 Å². The molecule has 2 fully saturated rings. The van der Waals surface area contributed by atoms with Gasteiger partial charge in [-0.15, -0.1) is 0 Å². The van der Waals surface area contributed by atoms with Crippen LogP contribution in [0.15, 0.2) is 47.5 Å². The van der Waals surface area contributed by atoms with Gasteiger partial charge in [0.25, 0.3) is 0 Å². The van der Waals surface area contributed by atoms with Gasteiger partial charge in [-0.3, -0.25) is 4.79 Å². The van der Waals surface area contributed by atoms with Gasteiger partial charge in [0.15, 0.2) is 5.78 Å². The van der Waals surface area contributed by atoms with Gasteiger partial charge in [-0.2, -0.15) is 0 Å². The maximum Gasteiger partial charge on any atom is 0.192 e. The van der Waals surface area contributed by atoms with Crippen LogP contribution < -0.4 is 9.47 Å². The molecular weight excluding hydrogens is 408 g/mol. The highest BCUT2D eigenvalue weighted by Crippen LogP contribution is 2.55. The molecule has 4 aliphatic rings. The summed E-state index contributed by atoms with van der Waals surface area (Å²) in [4.78, 5) is 13.9. The Morgan fingerprint density at radius 1 is 0.758 bits per heavy atom. The van der Waals surface area contributed by atoms with Crippen molar-refractivity contribution < 1.29 is 14.3 Å². The third-order valence-corrected chi connectivity index (χ3v) is 8.25. The van der Waals surface area contributed by atoms with E-state index in [0.717, 1.165) is 72.3 Å². The molecule has 1 spiro atoms. The van der Waals surface area contributed by atoms with E-state index in [1.54, 1.807) is 0 Å². The minimum Gasteiger partial charge on any atom is -0.484 e. The van der Waals surface area contributed by atoms with Crippen LogP contribution >= 0.6 is 0 Å². The number of ketones is 1. The Morgan fingerprint density at radius 2 is 1.24 bits per heavy atom. The summed E-state index contributed by atoms with van der Waals surface area (Å²) in [5.74, 6) is 1.92. The van der Waals surface area contributed by atoms with Crippen molar-refractivity contribution in [2.45, 2.75) is 77.4 Å². The van der Waals surface area contributed by atoms with Crippen molar-refractivity contribution in [1.29, 1.82) is 0 Å². The smallest absolute Gasteiger partial charge is 0.192 e. The van der Waals surface area contributed by atoms with Crippen LogP contribution in [0.25, 0.3) is 12.2 Å². The number of hydrogen-bond donors (Lipinski definition) is 0. The number of carbonyl (C=O) groups is 1. The molecule has 2 aromatic rings. The number of hydrogen-bond acceptors (Lipinski definition) is 3. The van der Waals surface area contributed by atoms with Gasteiger partial charge in [0.2, 0.25) is 0 Å². The summed E-state index contributed by atoms with van der Waals surface area (Å²) in [5.41, 5.74) is 5.96. The molecule has 0 amide bonds. The highest BCUT2D eigenvalue weighted by Gasteiger charge is 2.59. The zero-order valence-corrected chi connectivity index (χ0v) is 19.7. The average molecular weight is 441 g/mol. The van der Waals surface area contributed by atoms with E-state index in [0.29, 0.717) is 0 Å². The van der Waals surface area contributed by atoms with E-state index in [-0.39, 0.29) is 23.4 Å². The Bertz CT molecular complexity index is 1090. The maximum absolute atomic E-state index is 13.9. The van der Waals surface area contributed by atoms with Gasteiger partial charge in [-0.05, 0) is 61.1 Å². The highest BCUT2D eigenvalue weighted by molar-refractivity contribution is 6.17. The fourth-order valence-corrected chi connectivity index (χ4v) is 6.35. The molecule has 0 N–H and O–H groups in total. The molecule has 2 aliphatic carbocycles. The van der Waals surface area contributed by atoms with Crippen molar-refractivity contribution >= 4 is 17.9 Å². The molecule has 2 aromatic carbocycles. The number of carbonyl (C=O) groups excluding carboxylic acids is 1. The van der Waals surface area contributed by atoms with E-state index in [9.17, 15) is 4.79 Å². The second kappa shape index (κ2) is 7.90. The molecule has 170 valence electrons. The molecule has 2 aliphatic heterocycles. The predicted octanol–water partition coefficient (Wildman–Crippen LogP) is 6.72. The second-order valence-corrected chi connectivity index (χ2v) is 10.1. The van der Waals surface area contributed by atoms with Crippen LogP contribution in [0.3, 0.4) is 0 Å². The van der Waals surface area contributed by atoms with Crippen molar-refractivity contribution in [2.75, 3.05) is 0 Å². The molecule has 2 saturated carbocycles.